The highest BCUT2D eigenvalue weighted by atomic mass is 32.2. The molecule has 7 nitrogen and oxygen atoms in total. The first-order valence-electron chi connectivity index (χ1n) is 8.71. The number of rotatable bonds is 5. The first kappa shape index (κ1) is 19.6. The van der Waals surface area contributed by atoms with Crippen molar-refractivity contribution in [3.63, 3.8) is 0 Å². The zero-order valence-electron chi connectivity index (χ0n) is 15.6. The van der Waals surface area contributed by atoms with E-state index in [9.17, 15) is 17.2 Å². The lowest BCUT2D eigenvalue weighted by molar-refractivity contribution is 0.487. The van der Waals surface area contributed by atoms with Gasteiger partial charge in [0.15, 0.2) is 0 Å². The molecule has 0 unspecified atom stereocenters. The van der Waals surface area contributed by atoms with Gasteiger partial charge < -0.3 is 0 Å². The molecule has 0 saturated heterocycles. The highest BCUT2D eigenvalue weighted by molar-refractivity contribution is 7.89. The summed E-state index contributed by atoms with van der Waals surface area (Å²) in [7, 11) is -3.04. The first-order chi connectivity index (χ1) is 14.3. The number of sulfonamides is 1. The van der Waals surface area contributed by atoms with Crippen LogP contribution in [-0.4, -0.2) is 40.5 Å². The van der Waals surface area contributed by atoms with Crippen molar-refractivity contribution in [2.24, 2.45) is 5.10 Å². The summed E-state index contributed by atoms with van der Waals surface area (Å²) in [5.41, 5.74) is 2.95. The molecule has 0 fully saturated rings. The van der Waals surface area contributed by atoms with Gasteiger partial charge in [-0.15, -0.1) is 0 Å². The monoisotopic (exact) mass is 427 g/mol. The molecule has 152 valence electrons. The van der Waals surface area contributed by atoms with Gasteiger partial charge in [-0.2, -0.15) is 17.9 Å². The molecule has 10 heteroatoms. The lowest BCUT2D eigenvalue weighted by Crippen LogP contribution is -2.22. The molecule has 3 aromatic heterocycles. The Hall–Kier alpha value is -3.66. The Kier molecular flexibility index (Phi) is 5.00. The van der Waals surface area contributed by atoms with Crippen molar-refractivity contribution < 1.29 is 17.2 Å². The van der Waals surface area contributed by atoms with E-state index in [-0.39, 0.29) is 0 Å². The third kappa shape index (κ3) is 3.77. The van der Waals surface area contributed by atoms with Gasteiger partial charge in [-0.1, -0.05) is 6.07 Å². The minimum Gasteiger partial charge on any atom is -0.298 e. The molecule has 0 spiro atoms. The van der Waals surface area contributed by atoms with Gasteiger partial charge in [0.05, 0.1) is 23.0 Å². The van der Waals surface area contributed by atoms with Crippen molar-refractivity contribution in [3.8, 4) is 11.1 Å². The number of imidazole rings is 1. The molecular formula is C20H15F2N5O2S. The Labute approximate surface area is 171 Å². The maximum atomic E-state index is 13.4. The summed E-state index contributed by atoms with van der Waals surface area (Å²) in [4.78, 5) is 7.83. The molecule has 1 aromatic carbocycles. The van der Waals surface area contributed by atoms with Crippen molar-refractivity contribution in [1.82, 2.24) is 18.8 Å². The smallest absolute Gasteiger partial charge is 0.278 e. The molecule has 0 N–H and O–H groups in total. The molecule has 0 atom stereocenters. The maximum Gasteiger partial charge on any atom is 0.278 e. The van der Waals surface area contributed by atoms with Gasteiger partial charge in [-0.25, -0.2) is 13.8 Å². The summed E-state index contributed by atoms with van der Waals surface area (Å²) in [5, 5.41) is 3.93. The normalized spacial score (nSPS) is 12.0. The molecule has 0 amide bonds. The second kappa shape index (κ2) is 7.64. The van der Waals surface area contributed by atoms with E-state index in [2.05, 4.69) is 15.1 Å². The predicted molar refractivity (Wildman–Crippen MR) is 107 cm³/mol. The van der Waals surface area contributed by atoms with Crippen molar-refractivity contribution in [3.05, 3.63) is 84.6 Å². The van der Waals surface area contributed by atoms with Gasteiger partial charge in [0, 0.05) is 42.8 Å². The van der Waals surface area contributed by atoms with Crippen LogP contribution in [0.2, 0.25) is 0 Å². The number of aromatic nitrogens is 3. The van der Waals surface area contributed by atoms with Crippen molar-refractivity contribution >= 4 is 21.9 Å². The molecule has 0 aliphatic carbocycles. The molecule has 0 saturated carbocycles. The van der Waals surface area contributed by atoms with Crippen LogP contribution in [-0.2, 0) is 10.0 Å². The van der Waals surface area contributed by atoms with E-state index in [0.29, 0.717) is 21.8 Å². The average molecular weight is 427 g/mol. The Balaban J connectivity index is 1.66. The third-order valence-electron chi connectivity index (χ3n) is 4.36. The van der Waals surface area contributed by atoms with E-state index < -0.39 is 26.6 Å². The predicted octanol–water partition coefficient (Wildman–Crippen LogP) is 3.33. The van der Waals surface area contributed by atoms with Crippen molar-refractivity contribution in [2.75, 3.05) is 7.05 Å². The van der Waals surface area contributed by atoms with Crippen LogP contribution in [0.1, 0.15) is 5.69 Å². The van der Waals surface area contributed by atoms with Crippen LogP contribution >= 0.6 is 0 Å². The molecule has 30 heavy (non-hydrogen) atoms. The van der Waals surface area contributed by atoms with Crippen molar-refractivity contribution in [1.29, 1.82) is 0 Å². The number of pyridine rings is 2. The molecule has 0 aliphatic rings. The number of hydrogen-bond acceptors (Lipinski definition) is 5. The van der Waals surface area contributed by atoms with Crippen LogP contribution < -0.4 is 0 Å². The lowest BCUT2D eigenvalue weighted by Gasteiger charge is -2.13. The largest absolute Gasteiger partial charge is 0.298 e. The van der Waals surface area contributed by atoms with E-state index in [1.54, 1.807) is 16.8 Å². The summed E-state index contributed by atoms with van der Waals surface area (Å²) < 4.78 is 54.3. The number of nitrogens with zero attached hydrogens (tertiary/aromatic N) is 5. The van der Waals surface area contributed by atoms with Gasteiger partial charge in [-0.05, 0) is 30.3 Å². The van der Waals surface area contributed by atoms with Crippen molar-refractivity contribution in [2.45, 2.75) is 4.90 Å². The molecular weight excluding hydrogens is 412 g/mol. The fourth-order valence-electron chi connectivity index (χ4n) is 2.83. The summed E-state index contributed by atoms with van der Waals surface area (Å²) in [6.45, 7) is 0. The van der Waals surface area contributed by atoms with E-state index >= 15 is 0 Å². The van der Waals surface area contributed by atoms with Gasteiger partial charge >= 0.3 is 0 Å². The molecule has 4 rings (SSSR count). The highest BCUT2D eigenvalue weighted by Gasteiger charge is 2.21. The van der Waals surface area contributed by atoms with E-state index in [4.69, 9.17) is 0 Å². The van der Waals surface area contributed by atoms with Gasteiger partial charge in [-0.3, -0.25) is 9.38 Å². The molecule has 0 radical (unpaired) electrons. The topological polar surface area (TPSA) is 79.9 Å². The van der Waals surface area contributed by atoms with E-state index in [0.717, 1.165) is 23.3 Å². The van der Waals surface area contributed by atoms with Gasteiger partial charge in [0.2, 0.25) is 0 Å². The van der Waals surface area contributed by atoms with Gasteiger partial charge in [0.1, 0.15) is 17.3 Å². The average Bonchev–Trinajstić information content (AvgIpc) is 3.14. The quantitative estimate of drug-likeness (QED) is 0.362. The fraction of sp³-hybridized carbons (Fsp3) is 0.0500. The van der Waals surface area contributed by atoms with E-state index in [1.165, 1.54) is 19.5 Å². The van der Waals surface area contributed by atoms with Crippen LogP contribution in [0.4, 0.5) is 8.78 Å². The lowest BCUT2D eigenvalue weighted by atomic mass is 10.1. The number of halogens is 2. The summed E-state index contributed by atoms with van der Waals surface area (Å²) >= 11 is 0. The summed E-state index contributed by atoms with van der Waals surface area (Å²) in [5.74, 6) is -1.98. The SMILES string of the molecule is CN(N=Cc1cnc2ccc(-c3cccnc3)cn12)S(=O)(=O)c1cc(F)cc(F)c1. The Morgan fingerprint density at radius 3 is 2.53 bits per heavy atom. The number of benzene rings is 1. The minimum atomic E-state index is -4.22. The van der Waals surface area contributed by atoms with Gasteiger partial charge in [0.25, 0.3) is 10.0 Å². The molecule has 0 bridgehead atoms. The number of fused-ring (bicyclic) bond motifs is 1. The summed E-state index contributed by atoms with van der Waals surface area (Å²) in [6.07, 6.45) is 8.08. The Morgan fingerprint density at radius 1 is 1.07 bits per heavy atom. The Bertz CT molecular complexity index is 1330. The maximum absolute atomic E-state index is 13.4. The van der Waals surface area contributed by atoms with Crippen LogP contribution in [0.25, 0.3) is 16.8 Å². The zero-order chi connectivity index (χ0) is 21.3. The zero-order valence-corrected chi connectivity index (χ0v) is 16.5. The minimum absolute atomic E-state index is 0.517. The number of hydrogen-bond donors (Lipinski definition) is 0. The second-order valence-corrected chi connectivity index (χ2v) is 8.31. The molecule has 3 heterocycles. The highest BCUT2D eigenvalue weighted by Crippen LogP contribution is 2.20. The van der Waals surface area contributed by atoms with Crippen LogP contribution in [0, 0.1) is 11.6 Å². The standard InChI is InChI=1S/C20H15F2N5O2S/c1-26(30(28,29)19-8-16(21)7-17(22)9-19)25-12-18-11-24-20-5-4-15(13-27(18)20)14-3-2-6-23-10-14/h2-13H,1H3. The number of hydrazone groups is 1. The first-order valence-corrected chi connectivity index (χ1v) is 10.1. The van der Waals surface area contributed by atoms with Crippen LogP contribution in [0.15, 0.2) is 77.2 Å². The summed E-state index contributed by atoms with van der Waals surface area (Å²) in [6, 6.07) is 9.52. The molecule has 4 aromatic rings. The third-order valence-corrected chi connectivity index (χ3v) is 5.98. The van der Waals surface area contributed by atoms with Crippen LogP contribution in [0.3, 0.4) is 0 Å². The molecule has 0 aliphatic heterocycles. The Morgan fingerprint density at radius 2 is 1.83 bits per heavy atom. The van der Waals surface area contributed by atoms with Crippen LogP contribution in [0.5, 0.6) is 0 Å². The fourth-order valence-corrected chi connectivity index (χ4v) is 3.83. The second-order valence-electron chi connectivity index (χ2n) is 6.36. The van der Waals surface area contributed by atoms with E-state index in [1.807, 2.05) is 30.5 Å².